The summed E-state index contributed by atoms with van der Waals surface area (Å²) in [5, 5.41) is 26.1. The van der Waals surface area contributed by atoms with Crippen molar-refractivity contribution in [2.24, 2.45) is 5.92 Å². The molecule has 174 valence electrons. The Balaban J connectivity index is 1.53. The number of nitrogens with zero attached hydrogens (tertiary/aromatic N) is 2. The van der Waals surface area contributed by atoms with E-state index in [4.69, 9.17) is 11.6 Å². The number of fused-ring (bicyclic) bond motifs is 3. The van der Waals surface area contributed by atoms with Crippen molar-refractivity contribution in [3.8, 4) is 0 Å². The third-order valence-electron chi connectivity index (χ3n) is 6.60. The topological polar surface area (TPSA) is 98.3 Å². The normalized spacial score (nSPS) is 25.2. The third-order valence-corrected chi connectivity index (χ3v) is 9.61. The molecule has 10 heteroatoms. The van der Waals surface area contributed by atoms with E-state index < -0.39 is 4.92 Å². The highest BCUT2D eigenvalue weighted by Crippen LogP contribution is 2.58. The van der Waals surface area contributed by atoms with Crippen molar-refractivity contribution in [3.63, 3.8) is 0 Å². The van der Waals surface area contributed by atoms with Gasteiger partial charge in [0, 0.05) is 32.9 Å². The molecule has 3 aromatic rings. The van der Waals surface area contributed by atoms with Crippen molar-refractivity contribution >= 4 is 63.0 Å². The molecular weight excluding hydrogens is 589 g/mol. The van der Waals surface area contributed by atoms with Crippen LogP contribution >= 0.6 is 46.0 Å². The second kappa shape index (κ2) is 9.35. The van der Waals surface area contributed by atoms with Crippen LogP contribution in [0.5, 0.6) is 0 Å². The molecule has 34 heavy (non-hydrogen) atoms. The largest absolute Gasteiger partial charge is 0.377 e. The number of hydrogen-bond donors (Lipinski definition) is 1. The minimum atomic E-state index is -0.400. The molecule has 5 rings (SSSR count). The molecule has 1 saturated carbocycles. The van der Waals surface area contributed by atoms with Gasteiger partial charge in [0.15, 0.2) is 0 Å². The number of para-hydroxylation sites is 2. The van der Waals surface area contributed by atoms with Crippen LogP contribution in [0.4, 0.5) is 17.1 Å². The van der Waals surface area contributed by atoms with E-state index in [-0.39, 0.29) is 44.8 Å². The number of rotatable bonds is 5. The lowest BCUT2D eigenvalue weighted by Gasteiger charge is -2.38. The minimum Gasteiger partial charge on any atom is -0.377 e. The van der Waals surface area contributed by atoms with Crippen LogP contribution in [0.3, 0.4) is 0 Å². The summed E-state index contributed by atoms with van der Waals surface area (Å²) >= 11 is 10.9. The van der Waals surface area contributed by atoms with Crippen LogP contribution in [0.15, 0.2) is 71.6 Å². The van der Waals surface area contributed by atoms with Gasteiger partial charge in [-0.25, -0.2) is 0 Å². The smallest absolute Gasteiger partial charge is 0.282 e. The number of anilines is 1. The molecule has 0 saturated heterocycles. The average Bonchev–Trinajstić information content (AvgIpc) is 3.15. The van der Waals surface area contributed by atoms with Crippen molar-refractivity contribution in [1.82, 2.24) is 0 Å². The maximum absolute atomic E-state index is 11.5. The van der Waals surface area contributed by atoms with E-state index in [9.17, 15) is 20.2 Å². The Bertz CT molecular complexity index is 1280. The van der Waals surface area contributed by atoms with E-state index >= 15 is 0 Å². The molecule has 0 spiro atoms. The summed E-state index contributed by atoms with van der Waals surface area (Å²) < 4.78 is 1.08. The van der Waals surface area contributed by atoms with Crippen molar-refractivity contribution in [2.75, 3.05) is 5.32 Å². The van der Waals surface area contributed by atoms with Gasteiger partial charge in [-0.05, 0) is 58.2 Å². The molecule has 7 nitrogen and oxygen atoms in total. The van der Waals surface area contributed by atoms with E-state index in [1.54, 1.807) is 30.3 Å². The Morgan fingerprint density at radius 2 is 1.71 bits per heavy atom. The summed E-state index contributed by atoms with van der Waals surface area (Å²) in [6, 6.07) is 19.5. The maximum Gasteiger partial charge on any atom is 0.282 e. The number of nitro groups is 2. The van der Waals surface area contributed by atoms with E-state index in [1.807, 2.05) is 12.1 Å². The van der Waals surface area contributed by atoms with Crippen molar-refractivity contribution in [2.45, 2.75) is 33.9 Å². The van der Waals surface area contributed by atoms with Gasteiger partial charge in [-0.3, -0.25) is 20.2 Å². The molecule has 5 atom stereocenters. The highest BCUT2D eigenvalue weighted by Gasteiger charge is 2.50. The van der Waals surface area contributed by atoms with Gasteiger partial charge in [-0.1, -0.05) is 36.4 Å². The molecule has 1 aliphatic heterocycles. The molecule has 2 aliphatic rings. The lowest BCUT2D eigenvalue weighted by Crippen LogP contribution is -2.31. The molecule has 1 N–H and O–H groups in total. The molecule has 1 fully saturated rings. The zero-order valence-corrected chi connectivity index (χ0v) is 21.4. The highest BCUT2D eigenvalue weighted by atomic mass is 127. The van der Waals surface area contributed by atoms with Gasteiger partial charge in [0.1, 0.15) is 0 Å². The van der Waals surface area contributed by atoms with Crippen molar-refractivity contribution in [3.05, 3.63) is 102 Å². The Hall–Kier alpha value is -2.37. The van der Waals surface area contributed by atoms with Gasteiger partial charge >= 0.3 is 0 Å². The number of hydrogen-bond acceptors (Lipinski definition) is 6. The van der Waals surface area contributed by atoms with Crippen molar-refractivity contribution < 1.29 is 9.85 Å². The van der Waals surface area contributed by atoms with Crippen LogP contribution in [0.25, 0.3) is 0 Å². The molecule has 0 unspecified atom stereocenters. The predicted molar refractivity (Wildman–Crippen MR) is 142 cm³/mol. The number of halogens is 2. The third kappa shape index (κ3) is 4.14. The van der Waals surface area contributed by atoms with Crippen molar-refractivity contribution in [1.29, 1.82) is 0 Å². The van der Waals surface area contributed by atoms with Crippen LogP contribution in [0, 0.1) is 29.7 Å². The van der Waals surface area contributed by atoms with Crippen LogP contribution in [0.1, 0.15) is 29.5 Å². The lowest BCUT2D eigenvalue weighted by molar-refractivity contribution is -0.387. The number of thioether (sulfide) groups is 1. The van der Waals surface area contributed by atoms with E-state index in [1.165, 1.54) is 30.0 Å². The van der Waals surface area contributed by atoms with Gasteiger partial charge < -0.3 is 5.32 Å². The molecule has 0 radical (unpaired) electrons. The van der Waals surface area contributed by atoms with E-state index in [0.29, 0.717) is 4.90 Å². The molecule has 3 aromatic carbocycles. The Morgan fingerprint density at radius 1 is 0.971 bits per heavy atom. The van der Waals surface area contributed by atoms with E-state index in [2.05, 4.69) is 34.0 Å². The first-order valence-corrected chi connectivity index (χ1v) is 13.1. The zero-order valence-electron chi connectivity index (χ0n) is 17.6. The number of nitrogens with one attached hydrogen (secondary N) is 1. The maximum atomic E-state index is 11.5. The lowest BCUT2D eigenvalue weighted by atomic mass is 9.77. The summed E-state index contributed by atoms with van der Waals surface area (Å²) in [5.74, 6) is 0.183. The number of non-ortho nitro benzene ring substituents is 1. The molecule has 1 heterocycles. The fraction of sp³-hybridized carbons (Fsp3) is 0.250. The van der Waals surface area contributed by atoms with Gasteiger partial charge in [0.25, 0.3) is 11.4 Å². The molecule has 0 aromatic heterocycles. The highest BCUT2D eigenvalue weighted by molar-refractivity contribution is 14.1. The van der Waals surface area contributed by atoms with Gasteiger partial charge in [0.05, 0.1) is 31.8 Å². The second-order valence-electron chi connectivity index (χ2n) is 8.43. The molecular formula is C24H19ClIN3O4S. The molecule has 0 amide bonds. The number of benzene rings is 3. The summed E-state index contributed by atoms with van der Waals surface area (Å²) in [6.45, 7) is 0. The van der Waals surface area contributed by atoms with E-state index in [0.717, 1.165) is 26.8 Å². The SMILES string of the molecule is O=[N+]([O-])c1ccc([C@@H]2Nc3c(I)cccc3[C@@H]3[C@H](Cl)[C@H](Sc4ccccc4[N+](=O)[O-])C[C@H]32)cc1. The van der Waals surface area contributed by atoms with Crippen LogP contribution in [0.2, 0.25) is 0 Å². The zero-order chi connectivity index (χ0) is 24.0. The Kier molecular flexibility index (Phi) is 6.43. The quantitative estimate of drug-likeness (QED) is 0.143. The number of alkyl halides is 1. The van der Waals surface area contributed by atoms with Crippen LogP contribution in [-0.2, 0) is 0 Å². The summed E-state index contributed by atoms with van der Waals surface area (Å²) in [5.41, 5.74) is 3.30. The summed E-state index contributed by atoms with van der Waals surface area (Å²) in [4.78, 5) is 22.5. The number of nitro benzene ring substituents is 2. The first-order chi connectivity index (χ1) is 16.3. The average molecular weight is 608 g/mol. The second-order valence-corrected chi connectivity index (χ2v) is 11.4. The fourth-order valence-corrected chi connectivity index (χ4v) is 7.73. The Labute approximate surface area is 218 Å². The molecule has 1 aliphatic carbocycles. The van der Waals surface area contributed by atoms with Crippen LogP contribution < -0.4 is 5.32 Å². The standard InChI is InChI=1S/C24H19ClIN3O4S/c25-22-20(34-19-7-2-1-6-18(19)29(32)33)12-16-21(22)15-4-3-5-17(26)24(15)27-23(16)13-8-10-14(11-9-13)28(30)31/h1-11,16,20-23,27H,12H2/t16-,20-,21+,22-,23+/m1/s1. The first kappa shape index (κ1) is 23.4. The fourth-order valence-electron chi connectivity index (χ4n) is 5.11. The first-order valence-electron chi connectivity index (χ1n) is 10.7. The Morgan fingerprint density at radius 3 is 2.41 bits per heavy atom. The monoisotopic (exact) mass is 607 g/mol. The minimum absolute atomic E-state index is 0.0241. The van der Waals surface area contributed by atoms with Crippen LogP contribution in [-0.4, -0.2) is 20.5 Å². The predicted octanol–water partition coefficient (Wildman–Crippen LogP) is 7.15. The summed E-state index contributed by atoms with van der Waals surface area (Å²) in [7, 11) is 0. The van der Waals surface area contributed by atoms with Gasteiger partial charge in [-0.15, -0.1) is 23.4 Å². The summed E-state index contributed by atoms with van der Waals surface area (Å²) in [6.07, 6.45) is 0.759. The molecule has 0 bridgehead atoms. The van der Waals surface area contributed by atoms with Gasteiger partial charge in [-0.2, -0.15) is 0 Å². The van der Waals surface area contributed by atoms with Gasteiger partial charge in [0.2, 0.25) is 0 Å².